The van der Waals surface area contributed by atoms with Crippen molar-refractivity contribution in [2.24, 2.45) is 0 Å². The van der Waals surface area contributed by atoms with Crippen molar-refractivity contribution in [1.82, 2.24) is 10.3 Å². The summed E-state index contributed by atoms with van der Waals surface area (Å²) < 4.78 is 23.4. The number of aliphatic hydroxyl groups excluding tert-OH is 1. The molecule has 0 aliphatic rings. The number of benzene rings is 1. The zero-order valence-electron chi connectivity index (χ0n) is 10.1. The normalized spacial score (nSPS) is 12.4. The third kappa shape index (κ3) is 2.65. The number of nitrogens with zero attached hydrogens (tertiary/aromatic N) is 2. The van der Waals surface area contributed by atoms with Crippen LogP contribution in [-0.2, 0) is 6.61 Å². The zero-order chi connectivity index (χ0) is 13.1. The summed E-state index contributed by atoms with van der Waals surface area (Å²) in [6.07, 6.45) is -0.712. The van der Waals surface area contributed by atoms with Crippen molar-refractivity contribution in [2.75, 3.05) is 0 Å². The molecule has 96 valence electrons. The lowest BCUT2D eigenvalue weighted by Gasteiger charge is -2.09. The molecule has 1 aromatic carbocycles. The number of ether oxygens (including phenoxy) is 1. The number of hydrogen-bond donors (Lipinski definition) is 1. The summed E-state index contributed by atoms with van der Waals surface area (Å²) in [5.41, 5.74) is 1.63. The lowest BCUT2D eigenvalue weighted by atomic mass is 10.1. The molecule has 0 fully saturated rings. The molecule has 1 heterocycles. The fourth-order valence-electron chi connectivity index (χ4n) is 1.42. The van der Waals surface area contributed by atoms with Crippen molar-refractivity contribution in [3.63, 3.8) is 0 Å². The highest BCUT2D eigenvalue weighted by Gasteiger charge is 2.10. The fourth-order valence-corrected chi connectivity index (χ4v) is 1.42. The average molecular weight is 252 g/mol. The van der Waals surface area contributed by atoms with Crippen molar-refractivity contribution in [3.05, 3.63) is 41.0 Å². The fraction of sp³-hybridized carbons (Fsp3) is 0.333. The van der Waals surface area contributed by atoms with Crippen molar-refractivity contribution in [2.45, 2.75) is 26.6 Å². The molecular weight excluding hydrogens is 239 g/mol. The quantitative estimate of drug-likeness (QED) is 0.902. The van der Waals surface area contributed by atoms with E-state index in [1.165, 1.54) is 12.1 Å². The van der Waals surface area contributed by atoms with Crippen molar-refractivity contribution < 1.29 is 18.9 Å². The minimum Gasteiger partial charge on any atom is -0.484 e. The number of aryl methyl sites for hydroxylation is 1. The Morgan fingerprint density at radius 2 is 2.22 bits per heavy atom. The van der Waals surface area contributed by atoms with E-state index in [2.05, 4.69) is 14.9 Å². The van der Waals surface area contributed by atoms with Crippen LogP contribution >= 0.6 is 0 Å². The van der Waals surface area contributed by atoms with Crippen LogP contribution in [0.3, 0.4) is 0 Å². The van der Waals surface area contributed by atoms with E-state index in [1.807, 2.05) is 0 Å². The number of aromatic nitrogens is 2. The Kier molecular flexibility index (Phi) is 3.57. The topological polar surface area (TPSA) is 68.4 Å². The van der Waals surface area contributed by atoms with E-state index < -0.39 is 11.9 Å². The SMILES string of the molecule is Cc1nonc1COc1ccc([C@H](C)O)cc1F. The predicted octanol–water partition coefficient (Wildman–Crippen LogP) is 2.15. The summed E-state index contributed by atoms with van der Waals surface area (Å²) in [6, 6.07) is 4.32. The summed E-state index contributed by atoms with van der Waals surface area (Å²) in [5, 5.41) is 16.5. The molecule has 0 aliphatic carbocycles. The van der Waals surface area contributed by atoms with Crippen LogP contribution in [0.2, 0.25) is 0 Å². The second-order valence-electron chi connectivity index (χ2n) is 3.95. The predicted molar refractivity (Wildman–Crippen MR) is 60.4 cm³/mol. The van der Waals surface area contributed by atoms with Crippen molar-refractivity contribution >= 4 is 0 Å². The van der Waals surface area contributed by atoms with Crippen LogP contribution in [0, 0.1) is 12.7 Å². The summed E-state index contributed by atoms with van der Waals surface area (Å²) in [6.45, 7) is 3.38. The van der Waals surface area contributed by atoms with Gasteiger partial charge in [-0.25, -0.2) is 9.02 Å². The molecular formula is C12H13FN2O3. The van der Waals surface area contributed by atoms with Gasteiger partial charge in [-0.15, -0.1) is 0 Å². The molecule has 0 amide bonds. The monoisotopic (exact) mass is 252 g/mol. The number of halogens is 1. The van der Waals surface area contributed by atoms with Crippen LogP contribution in [0.25, 0.3) is 0 Å². The third-order valence-electron chi connectivity index (χ3n) is 2.55. The van der Waals surface area contributed by atoms with Gasteiger partial charge in [0.25, 0.3) is 0 Å². The lowest BCUT2D eigenvalue weighted by Crippen LogP contribution is -2.00. The number of rotatable bonds is 4. The van der Waals surface area contributed by atoms with Crippen molar-refractivity contribution in [1.29, 1.82) is 0 Å². The largest absolute Gasteiger partial charge is 0.484 e. The van der Waals surface area contributed by atoms with Crippen LogP contribution in [-0.4, -0.2) is 15.4 Å². The zero-order valence-corrected chi connectivity index (χ0v) is 10.1. The maximum atomic E-state index is 13.6. The van der Waals surface area contributed by atoms with E-state index in [1.54, 1.807) is 19.9 Å². The summed E-state index contributed by atoms with van der Waals surface area (Å²) in [7, 11) is 0. The van der Waals surface area contributed by atoms with Crippen LogP contribution in [0.5, 0.6) is 5.75 Å². The molecule has 0 saturated heterocycles. The van der Waals surface area contributed by atoms with E-state index in [9.17, 15) is 9.50 Å². The molecule has 0 bridgehead atoms. The maximum absolute atomic E-state index is 13.6. The van der Waals surface area contributed by atoms with Gasteiger partial charge in [-0.1, -0.05) is 16.4 Å². The molecule has 0 radical (unpaired) electrons. The molecule has 1 N–H and O–H groups in total. The lowest BCUT2D eigenvalue weighted by molar-refractivity contribution is 0.198. The second-order valence-corrected chi connectivity index (χ2v) is 3.95. The molecule has 1 atom stereocenters. The van der Waals surface area contributed by atoms with Gasteiger partial charge in [-0.2, -0.15) is 0 Å². The molecule has 5 nitrogen and oxygen atoms in total. The van der Waals surface area contributed by atoms with E-state index in [0.717, 1.165) is 0 Å². The van der Waals surface area contributed by atoms with Gasteiger partial charge in [0.05, 0.1) is 6.10 Å². The first kappa shape index (κ1) is 12.5. The first-order chi connectivity index (χ1) is 8.58. The number of hydrogen-bond acceptors (Lipinski definition) is 5. The van der Waals surface area contributed by atoms with Gasteiger partial charge >= 0.3 is 0 Å². The van der Waals surface area contributed by atoms with Crippen LogP contribution in [0.1, 0.15) is 30.0 Å². The maximum Gasteiger partial charge on any atom is 0.165 e. The Morgan fingerprint density at radius 3 is 2.78 bits per heavy atom. The van der Waals surface area contributed by atoms with Gasteiger partial charge in [-0.3, -0.25) is 0 Å². The highest BCUT2D eigenvalue weighted by Crippen LogP contribution is 2.22. The minimum absolute atomic E-state index is 0.0836. The highest BCUT2D eigenvalue weighted by molar-refractivity contribution is 5.30. The molecule has 2 rings (SSSR count). The van der Waals surface area contributed by atoms with E-state index in [-0.39, 0.29) is 12.4 Å². The summed E-state index contributed by atoms with van der Waals surface area (Å²) in [5.74, 6) is -0.427. The Labute approximate surface area is 103 Å². The number of aliphatic hydroxyl groups is 1. The summed E-state index contributed by atoms with van der Waals surface area (Å²) in [4.78, 5) is 0. The van der Waals surface area contributed by atoms with Gasteiger partial charge in [0.2, 0.25) is 0 Å². The van der Waals surface area contributed by atoms with E-state index >= 15 is 0 Å². The average Bonchev–Trinajstić information content (AvgIpc) is 2.73. The smallest absolute Gasteiger partial charge is 0.165 e. The van der Waals surface area contributed by atoms with Gasteiger partial charge in [0.1, 0.15) is 18.0 Å². The Hall–Kier alpha value is -1.95. The van der Waals surface area contributed by atoms with Gasteiger partial charge < -0.3 is 9.84 Å². The summed E-state index contributed by atoms with van der Waals surface area (Å²) >= 11 is 0. The van der Waals surface area contributed by atoms with Gasteiger partial charge in [-0.05, 0) is 31.5 Å². The van der Waals surface area contributed by atoms with Crippen molar-refractivity contribution in [3.8, 4) is 5.75 Å². The van der Waals surface area contributed by atoms with Crippen LogP contribution in [0.15, 0.2) is 22.8 Å². The molecule has 2 aromatic rings. The van der Waals surface area contributed by atoms with Gasteiger partial charge in [0, 0.05) is 0 Å². The van der Waals surface area contributed by atoms with Crippen LogP contribution < -0.4 is 4.74 Å². The second kappa shape index (κ2) is 5.14. The standard InChI is InChI=1S/C12H13FN2O3/c1-7-11(15-18-14-7)6-17-12-4-3-9(8(2)16)5-10(12)13/h3-5,8,16H,6H2,1-2H3/t8-/m0/s1. The Morgan fingerprint density at radius 1 is 1.44 bits per heavy atom. The molecule has 0 saturated carbocycles. The molecule has 0 aliphatic heterocycles. The van der Waals surface area contributed by atoms with Crippen LogP contribution in [0.4, 0.5) is 4.39 Å². The van der Waals surface area contributed by atoms with E-state index in [0.29, 0.717) is 17.0 Å². The first-order valence-corrected chi connectivity index (χ1v) is 5.46. The Bertz CT molecular complexity index is 540. The minimum atomic E-state index is -0.712. The first-order valence-electron chi connectivity index (χ1n) is 5.46. The molecule has 6 heteroatoms. The van der Waals surface area contributed by atoms with E-state index in [4.69, 9.17) is 4.74 Å². The highest BCUT2D eigenvalue weighted by atomic mass is 19.1. The molecule has 18 heavy (non-hydrogen) atoms. The third-order valence-corrected chi connectivity index (χ3v) is 2.55. The molecule has 1 aromatic heterocycles. The van der Waals surface area contributed by atoms with Gasteiger partial charge in [0.15, 0.2) is 11.6 Å². The molecule has 0 spiro atoms. The Balaban J connectivity index is 2.08. The molecule has 0 unspecified atom stereocenters.